The lowest BCUT2D eigenvalue weighted by Crippen LogP contribution is -2.35. The smallest absolute Gasteiger partial charge is 0.376 e. The molecule has 0 aliphatic rings. The fourth-order valence-electron chi connectivity index (χ4n) is 2.21. The zero-order chi connectivity index (χ0) is 20.6. The molecular formula is C14H10F9N3O. The molecule has 2 N–H and O–H groups in total. The van der Waals surface area contributed by atoms with E-state index in [1.807, 2.05) is 5.32 Å². The summed E-state index contributed by atoms with van der Waals surface area (Å²) in [5.41, 5.74) is -2.16. The highest BCUT2D eigenvalue weighted by atomic mass is 19.4. The number of alkyl halides is 9. The van der Waals surface area contributed by atoms with Crippen molar-refractivity contribution in [3.8, 4) is 0 Å². The van der Waals surface area contributed by atoms with Crippen LogP contribution in [0.15, 0.2) is 29.1 Å². The average molecular weight is 407 g/mol. The van der Waals surface area contributed by atoms with Crippen molar-refractivity contribution in [2.45, 2.75) is 18.5 Å². The fourth-order valence-corrected chi connectivity index (χ4v) is 2.21. The summed E-state index contributed by atoms with van der Waals surface area (Å²) in [5, 5.41) is 1.12. The molecule has 0 unspecified atom stereocenters. The van der Waals surface area contributed by atoms with Gasteiger partial charge < -0.3 is 10.7 Å². The molecule has 1 aromatic carbocycles. The van der Waals surface area contributed by atoms with Crippen LogP contribution in [0.2, 0.25) is 0 Å². The Morgan fingerprint density at radius 3 is 1.96 bits per heavy atom. The van der Waals surface area contributed by atoms with Crippen LogP contribution in [0.3, 0.4) is 0 Å². The van der Waals surface area contributed by atoms with Crippen LogP contribution in [0.1, 0.15) is 5.56 Å². The van der Waals surface area contributed by atoms with Gasteiger partial charge in [0.05, 0.1) is 11.1 Å². The summed E-state index contributed by atoms with van der Waals surface area (Å²) in [6.07, 6.45) is -14.5. The van der Waals surface area contributed by atoms with Crippen LogP contribution in [-0.4, -0.2) is 30.1 Å². The number of rotatable bonds is 4. The summed E-state index contributed by atoms with van der Waals surface area (Å²) in [4.78, 5) is 11.8. The van der Waals surface area contributed by atoms with Gasteiger partial charge in [-0.3, -0.25) is 4.79 Å². The van der Waals surface area contributed by atoms with Gasteiger partial charge >= 0.3 is 18.5 Å². The van der Waals surface area contributed by atoms with Crippen LogP contribution in [-0.2, 0) is 6.18 Å². The van der Waals surface area contributed by atoms with Crippen LogP contribution in [0.25, 0.3) is 10.9 Å². The van der Waals surface area contributed by atoms with Crippen molar-refractivity contribution in [1.29, 1.82) is 0 Å². The zero-order valence-electron chi connectivity index (χ0n) is 13.0. The minimum Gasteiger partial charge on any atom is -0.376 e. The molecule has 0 saturated carbocycles. The Morgan fingerprint density at radius 1 is 0.852 bits per heavy atom. The fraction of sp³-hybridized carbons (Fsp3) is 0.357. The lowest BCUT2D eigenvalue weighted by Gasteiger charge is -2.18. The molecule has 0 aliphatic carbocycles. The van der Waals surface area contributed by atoms with Gasteiger partial charge in [0.15, 0.2) is 0 Å². The molecule has 0 amide bonds. The van der Waals surface area contributed by atoms with Gasteiger partial charge in [0.1, 0.15) is 13.1 Å². The molecule has 0 spiro atoms. The SMILES string of the molecule is O=c1cc(C(F)(F)F)c2cc(NCC(F)(F)F)ccc2n1NCC(F)(F)F. The molecule has 0 aliphatic heterocycles. The standard InChI is InChI=1S/C14H10F9N3O/c15-12(16,17)5-24-7-1-2-10-8(3-7)9(14(21,22)23)4-11(27)26(10)25-6-13(18,19)20/h1-4,24-25H,5-6H2. The van der Waals surface area contributed by atoms with Gasteiger partial charge in [0, 0.05) is 17.1 Å². The molecule has 2 rings (SSSR count). The largest absolute Gasteiger partial charge is 0.417 e. The molecule has 13 heteroatoms. The Kier molecular flexibility index (Phi) is 5.25. The van der Waals surface area contributed by atoms with Crippen LogP contribution >= 0.6 is 0 Å². The summed E-state index contributed by atoms with van der Waals surface area (Å²) in [6, 6.07) is 2.47. The van der Waals surface area contributed by atoms with Crippen molar-refractivity contribution >= 4 is 16.6 Å². The van der Waals surface area contributed by atoms with Crippen molar-refractivity contribution in [3.63, 3.8) is 0 Å². The molecule has 1 aromatic heterocycles. The molecule has 27 heavy (non-hydrogen) atoms. The number of hydrogen-bond acceptors (Lipinski definition) is 3. The molecule has 4 nitrogen and oxygen atoms in total. The lowest BCUT2D eigenvalue weighted by atomic mass is 10.1. The minimum atomic E-state index is -5.05. The van der Waals surface area contributed by atoms with E-state index in [0.29, 0.717) is 6.07 Å². The van der Waals surface area contributed by atoms with Crippen molar-refractivity contribution < 1.29 is 39.5 Å². The Hall–Kier alpha value is -2.60. The van der Waals surface area contributed by atoms with Crippen molar-refractivity contribution in [2.24, 2.45) is 0 Å². The number of aromatic nitrogens is 1. The third-order valence-corrected chi connectivity index (χ3v) is 3.25. The molecule has 1 heterocycles. The Labute approximate surface area is 144 Å². The molecule has 2 aromatic rings. The predicted molar refractivity (Wildman–Crippen MR) is 78.0 cm³/mol. The van der Waals surface area contributed by atoms with Crippen LogP contribution in [0.5, 0.6) is 0 Å². The quantitative estimate of drug-likeness (QED) is 0.751. The number of nitrogens with zero attached hydrogens (tertiary/aromatic N) is 1. The molecule has 0 saturated heterocycles. The second-order valence-corrected chi connectivity index (χ2v) is 5.38. The summed E-state index contributed by atoms with van der Waals surface area (Å²) >= 11 is 0. The molecule has 150 valence electrons. The first-order valence-electron chi connectivity index (χ1n) is 7.06. The van der Waals surface area contributed by atoms with Gasteiger partial charge in [-0.05, 0) is 18.2 Å². The van der Waals surface area contributed by atoms with E-state index in [1.165, 1.54) is 0 Å². The van der Waals surface area contributed by atoms with Gasteiger partial charge in [0.2, 0.25) is 0 Å². The van der Waals surface area contributed by atoms with E-state index in [2.05, 4.69) is 0 Å². The predicted octanol–water partition coefficient (Wildman–Crippen LogP) is 4.10. The Balaban J connectivity index is 2.59. The normalized spacial score (nSPS) is 13.1. The highest BCUT2D eigenvalue weighted by Crippen LogP contribution is 2.35. The lowest BCUT2D eigenvalue weighted by molar-refractivity contribution is -0.136. The van der Waals surface area contributed by atoms with Crippen molar-refractivity contribution in [2.75, 3.05) is 23.8 Å². The van der Waals surface area contributed by atoms with Gasteiger partial charge in [-0.2, -0.15) is 39.5 Å². The van der Waals surface area contributed by atoms with Crippen LogP contribution in [0, 0.1) is 0 Å². The van der Waals surface area contributed by atoms with E-state index in [0.717, 1.165) is 12.1 Å². The average Bonchev–Trinajstić information content (AvgIpc) is 2.48. The second-order valence-electron chi connectivity index (χ2n) is 5.38. The summed E-state index contributed by atoms with van der Waals surface area (Å²) < 4.78 is 114. The number of anilines is 1. The Morgan fingerprint density at radius 2 is 1.44 bits per heavy atom. The van der Waals surface area contributed by atoms with E-state index in [9.17, 15) is 44.3 Å². The van der Waals surface area contributed by atoms with E-state index in [-0.39, 0.29) is 16.4 Å². The number of hydrogen-bond donors (Lipinski definition) is 2. The van der Waals surface area contributed by atoms with Crippen molar-refractivity contribution in [3.05, 3.63) is 40.2 Å². The highest BCUT2D eigenvalue weighted by Gasteiger charge is 2.35. The topological polar surface area (TPSA) is 46.1 Å². The number of halogens is 9. The number of fused-ring (bicyclic) bond motifs is 1. The highest BCUT2D eigenvalue weighted by molar-refractivity contribution is 5.86. The molecule has 0 fully saturated rings. The van der Waals surface area contributed by atoms with Gasteiger partial charge in [-0.1, -0.05) is 0 Å². The van der Waals surface area contributed by atoms with Gasteiger partial charge in [-0.25, -0.2) is 4.68 Å². The van der Waals surface area contributed by atoms with Gasteiger partial charge in [-0.15, -0.1) is 0 Å². The number of nitrogens with one attached hydrogen (secondary N) is 2. The first kappa shape index (κ1) is 20.7. The third kappa shape index (κ3) is 5.44. The van der Waals surface area contributed by atoms with E-state index in [4.69, 9.17) is 0 Å². The molecule has 0 atom stereocenters. The molecular weight excluding hydrogens is 397 g/mol. The zero-order valence-corrected chi connectivity index (χ0v) is 13.0. The summed E-state index contributed by atoms with van der Waals surface area (Å²) in [7, 11) is 0. The number of benzene rings is 1. The third-order valence-electron chi connectivity index (χ3n) is 3.25. The Bertz CT molecular complexity index is 881. The maximum absolute atomic E-state index is 13.2. The second kappa shape index (κ2) is 6.85. The van der Waals surface area contributed by atoms with E-state index < -0.39 is 53.6 Å². The van der Waals surface area contributed by atoms with Crippen LogP contribution < -0.4 is 16.3 Å². The van der Waals surface area contributed by atoms with Crippen LogP contribution in [0.4, 0.5) is 45.2 Å². The maximum Gasteiger partial charge on any atom is 0.417 e. The minimum absolute atomic E-state index is 0.0687. The number of pyridine rings is 1. The molecule has 0 radical (unpaired) electrons. The first-order chi connectivity index (χ1) is 12.2. The van der Waals surface area contributed by atoms with Crippen molar-refractivity contribution in [1.82, 2.24) is 4.68 Å². The van der Waals surface area contributed by atoms with Gasteiger partial charge in [0.25, 0.3) is 5.56 Å². The summed E-state index contributed by atoms with van der Waals surface area (Å²) in [5.74, 6) is 0. The molecule has 0 bridgehead atoms. The summed E-state index contributed by atoms with van der Waals surface area (Å²) in [6.45, 7) is -3.24. The monoisotopic (exact) mass is 407 g/mol. The van der Waals surface area contributed by atoms with E-state index in [1.54, 1.807) is 5.43 Å². The maximum atomic E-state index is 13.2. The van der Waals surface area contributed by atoms with E-state index >= 15 is 0 Å². The first-order valence-corrected chi connectivity index (χ1v) is 7.06.